The number of carbonyl (C=O) groups is 2. The Hall–Kier alpha value is -2.15. The van der Waals surface area contributed by atoms with Gasteiger partial charge in [0.25, 0.3) is 5.91 Å². The van der Waals surface area contributed by atoms with E-state index in [0.29, 0.717) is 25.5 Å². The summed E-state index contributed by atoms with van der Waals surface area (Å²) in [7, 11) is 0. The standard InChI is InChI=1S/C19H14ClNO3S2/c1-2-24-18(23)13-7-5-8-14(10-13)21-17(22)16(26-19(21)25)11-12-6-3-4-9-15(12)20/h3-11H,2H2,1H3/b16-11+. The van der Waals surface area contributed by atoms with Crippen molar-refractivity contribution in [1.29, 1.82) is 0 Å². The van der Waals surface area contributed by atoms with E-state index in [0.717, 1.165) is 5.56 Å². The van der Waals surface area contributed by atoms with Gasteiger partial charge in [-0.2, -0.15) is 0 Å². The molecule has 1 saturated heterocycles. The average molecular weight is 404 g/mol. The molecule has 1 heterocycles. The summed E-state index contributed by atoms with van der Waals surface area (Å²) in [5, 5.41) is 0.557. The third-order valence-electron chi connectivity index (χ3n) is 3.60. The molecule has 0 unspecified atom stereocenters. The summed E-state index contributed by atoms with van der Waals surface area (Å²) >= 11 is 12.7. The van der Waals surface area contributed by atoms with E-state index in [1.165, 1.54) is 16.7 Å². The predicted octanol–water partition coefficient (Wildman–Crippen LogP) is 4.92. The van der Waals surface area contributed by atoms with E-state index in [2.05, 4.69) is 0 Å². The smallest absolute Gasteiger partial charge is 0.338 e. The number of amides is 1. The van der Waals surface area contributed by atoms with Crippen LogP contribution in [0.25, 0.3) is 6.08 Å². The molecule has 0 aliphatic carbocycles. The minimum Gasteiger partial charge on any atom is -0.462 e. The van der Waals surface area contributed by atoms with Crippen molar-refractivity contribution in [2.24, 2.45) is 0 Å². The van der Waals surface area contributed by atoms with Crippen LogP contribution >= 0.6 is 35.6 Å². The van der Waals surface area contributed by atoms with E-state index in [-0.39, 0.29) is 12.5 Å². The number of hydrogen-bond acceptors (Lipinski definition) is 5. The molecular formula is C19H14ClNO3S2. The number of ether oxygens (including phenoxy) is 1. The number of nitrogens with zero attached hydrogens (tertiary/aromatic N) is 1. The third kappa shape index (κ3) is 3.82. The number of halogens is 1. The fourth-order valence-electron chi connectivity index (χ4n) is 2.41. The number of benzene rings is 2. The first-order chi connectivity index (χ1) is 12.5. The molecule has 0 aromatic heterocycles. The Morgan fingerprint density at radius 1 is 1.27 bits per heavy atom. The molecule has 7 heteroatoms. The van der Waals surface area contributed by atoms with E-state index >= 15 is 0 Å². The topological polar surface area (TPSA) is 46.6 Å². The van der Waals surface area contributed by atoms with Gasteiger partial charge in [0, 0.05) is 5.02 Å². The lowest BCUT2D eigenvalue weighted by Gasteiger charge is -2.15. The van der Waals surface area contributed by atoms with Crippen molar-refractivity contribution in [1.82, 2.24) is 0 Å². The Bertz CT molecular complexity index is 927. The molecule has 0 radical (unpaired) electrons. The van der Waals surface area contributed by atoms with Crippen molar-refractivity contribution < 1.29 is 14.3 Å². The van der Waals surface area contributed by atoms with Crippen LogP contribution in [-0.4, -0.2) is 22.8 Å². The fraction of sp³-hybridized carbons (Fsp3) is 0.105. The second-order valence-corrected chi connectivity index (χ2v) is 7.39. The molecule has 26 heavy (non-hydrogen) atoms. The van der Waals surface area contributed by atoms with Crippen LogP contribution in [0.2, 0.25) is 5.02 Å². The highest BCUT2D eigenvalue weighted by molar-refractivity contribution is 8.27. The first kappa shape index (κ1) is 18.6. The highest BCUT2D eigenvalue weighted by atomic mass is 35.5. The number of hydrogen-bond donors (Lipinski definition) is 0. The van der Waals surface area contributed by atoms with Crippen LogP contribution < -0.4 is 4.90 Å². The van der Waals surface area contributed by atoms with Crippen molar-refractivity contribution in [2.45, 2.75) is 6.92 Å². The minimum atomic E-state index is -0.439. The van der Waals surface area contributed by atoms with Crippen LogP contribution in [0.1, 0.15) is 22.8 Å². The van der Waals surface area contributed by atoms with Crippen molar-refractivity contribution in [3.63, 3.8) is 0 Å². The monoisotopic (exact) mass is 403 g/mol. The second kappa shape index (κ2) is 8.03. The lowest BCUT2D eigenvalue weighted by molar-refractivity contribution is -0.113. The first-order valence-corrected chi connectivity index (χ1v) is 9.41. The van der Waals surface area contributed by atoms with Crippen molar-refractivity contribution in [3.05, 3.63) is 69.6 Å². The number of carbonyl (C=O) groups excluding carboxylic acids is 2. The van der Waals surface area contributed by atoms with Gasteiger partial charge in [-0.15, -0.1) is 0 Å². The molecule has 0 bridgehead atoms. The van der Waals surface area contributed by atoms with Crippen molar-refractivity contribution in [3.8, 4) is 0 Å². The maximum Gasteiger partial charge on any atom is 0.338 e. The Kier molecular flexibility index (Phi) is 5.76. The maximum atomic E-state index is 12.8. The van der Waals surface area contributed by atoms with Gasteiger partial charge in [0.2, 0.25) is 0 Å². The summed E-state index contributed by atoms with van der Waals surface area (Å²) in [6, 6.07) is 13.9. The van der Waals surface area contributed by atoms with Gasteiger partial charge >= 0.3 is 5.97 Å². The molecule has 0 spiro atoms. The summed E-state index contributed by atoms with van der Waals surface area (Å²) in [5.74, 6) is -0.688. The number of esters is 1. The lowest BCUT2D eigenvalue weighted by atomic mass is 10.2. The third-order valence-corrected chi connectivity index (χ3v) is 5.25. The molecule has 4 nitrogen and oxygen atoms in total. The van der Waals surface area contributed by atoms with E-state index in [4.69, 9.17) is 28.6 Å². The highest BCUT2D eigenvalue weighted by Gasteiger charge is 2.33. The molecule has 1 aliphatic rings. The molecule has 2 aromatic carbocycles. The molecular weight excluding hydrogens is 390 g/mol. The number of anilines is 1. The minimum absolute atomic E-state index is 0.249. The van der Waals surface area contributed by atoms with Crippen LogP contribution in [0, 0.1) is 0 Å². The van der Waals surface area contributed by atoms with Crippen molar-refractivity contribution >= 4 is 63.5 Å². The van der Waals surface area contributed by atoms with Crippen LogP contribution in [0.5, 0.6) is 0 Å². The van der Waals surface area contributed by atoms with Gasteiger partial charge in [0.1, 0.15) is 0 Å². The van der Waals surface area contributed by atoms with Gasteiger partial charge in [-0.05, 0) is 42.8 Å². The SMILES string of the molecule is CCOC(=O)c1cccc(N2C(=O)/C(=C\c3ccccc3Cl)SC2=S)c1. The van der Waals surface area contributed by atoms with E-state index < -0.39 is 5.97 Å². The molecule has 0 N–H and O–H groups in total. The van der Waals surface area contributed by atoms with Gasteiger partial charge in [-0.25, -0.2) is 4.79 Å². The average Bonchev–Trinajstić information content (AvgIpc) is 2.91. The van der Waals surface area contributed by atoms with Crippen LogP contribution in [0.4, 0.5) is 5.69 Å². The number of thiocarbonyl (C=S) groups is 1. The molecule has 132 valence electrons. The second-order valence-electron chi connectivity index (χ2n) is 5.31. The van der Waals surface area contributed by atoms with Crippen LogP contribution in [0.15, 0.2) is 53.4 Å². The fourth-order valence-corrected chi connectivity index (χ4v) is 3.89. The molecule has 0 atom stereocenters. The molecule has 1 aliphatic heterocycles. The Morgan fingerprint density at radius 2 is 2.04 bits per heavy atom. The summed E-state index contributed by atoms with van der Waals surface area (Å²) in [4.78, 5) is 26.6. The Balaban J connectivity index is 1.92. The van der Waals surface area contributed by atoms with Gasteiger partial charge in [-0.3, -0.25) is 9.69 Å². The quantitative estimate of drug-likeness (QED) is 0.412. The maximum absolute atomic E-state index is 12.8. The number of rotatable bonds is 4. The Labute approximate surface area is 165 Å². The zero-order chi connectivity index (χ0) is 18.7. The normalized spacial score (nSPS) is 15.6. The summed E-state index contributed by atoms with van der Waals surface area (Å²) in [5.41, 5.74) is 1.64. The molecule has 0 saturated carbocycles. The van der Waals surface area contributed by atoms with E-state index in [1.54, 1.807) is 43.3 Å². The molecule has 1 amide bonds. The molecule has 3 rings (SSSR count). The zero-order valence-corrected chi connectivity index (χ0v) is 16.2. The summed E-state index contributed by atoms with van der Waals surface area (Å²) < 4.78 is 5.40. The first-order valence-electron chi connectivity index (χ1n) is 7.81. The van der Waals surface area contributed by atoms with Gasteiger partial charge in [0.05, 0.1) is 22.8 Å². The van der Waals surface area contributed by atoms with Gasteiger partial charge in [0.15, 0.2) is 4.32 Å². The largest absolute Gasteiger partial charge is 0.462 e. The predicted molar refractivity (Wildman–Crippen MR) is 110 cm³/mol. The molecule has 1 fully saturated rings. The summed E-state index contributed by atoms with van der Waals surface area (Å²) in [6.07, 6.45) is 1.72. The molecule has 2 aromatic rings. The van der Waals surface area contributed by atoms with Crippen LogP contribution in [0.3, 0.4) is 0 Å². The van der Waals surface area contributed by atoms with Gasteiger partial charge in [-0.1, -0.05) is 59.8 Å². The Morgan fingerprint density at radius 3 is 2.77 bits per heavy atom. The lowest BCUT2D eigenvalue weighted by Crippen LogP contribution is -2.27. The summed E-state index contributed by atoms with van der Waals surface area (Å²) in [6.45, 7) is 2.02. The highest BCUT2D eigenvalue weighted by Crippen LogP contribution is 2.37. The van der Waals surface area contributed by atoms with E-state index in [1.807, 2.05) is 18.2 Å². The zero-order valence-electron chi connectivity index (χ0n) is 13.8. The number of thioether (sulfide) groups is 1. The van der Waals surface area contributed by atoms with Crippen molar-refractivity contribution in [2.75, 3.05) is 11.5 Å². The van der Waals surface area contributed by atoms with Crippen LogP contribution in [-0.2, 0) is 9.53 Å². The van der Waals surface area contributed by atoms with E-state index in [9.17, 15) is 9.59 Å². The van der Waals surface area contributed by atoms with Gasteiger partial charge < -0.3 is 4.74 Å².